The minimum absolute atomic E-state index is 0.175. The predicted molar refractivity (Wildman–Crippen MR) is 53.2 cm³/mol. The van der Waals surface area contributed by atoms with Crippen LogP contribution in [0.25, 0.3) is 0 Å². The number of hydrogen-bond acceptors (Lipinski definition) is 5. The Bertz CT molecular complexity index is 183. The minimum Gasteiger partial charge on any atom is -0.394 e. The summed E-state index contributed by atoms with van der Waals surface area (Å²) in [5, 5.41) is 28.6. The summed E-state index contributed by atoms with van der Waals surface area (Å²) in [5.41, 5.74) is 0. The highest BCUT2D eigenvalue weighted by Crippen LogP contribution is 2.28. The molecule has 0 aromatic carbocycles. The van der Waals surface area contributed by atoms with Gasteiger partial charge in [-0.25, -0.2) is 0 Å². The lowest BCUT2D eigenvalue weighted by Gasteiger charge is -2.41. The molecule has 0 spiro atoms. The molecule has 5 nitrogen and oxygen atoms in total. The average Bonchev–Trinajstić information content (AvgIpc) is 2.24. The van der Waals surface area contributed by atoms with Crippen LogP contribution in [0.5, 0.6) is 0 Å². The fourth-order valence-electron chi connectivity index (χ4n) is 1.97. The van der Waals surface area contributed by atoms with Crippen molar-refractivity contribution in [1.82, 2.24) is 0 Å². The maximum atomic E-state index is 9.81. The predicted octanol–water partition coefficient (Wildman–Crippen LogP) is -0.512. The summed E-state index contributed by atoms with van der Waals surface area (Å²) in [6.45, 7) is 3.88. The molecule has 0 aromatic rings. The summed E-state index contributed by atoms with van der Waals surface area (Å²) >= 11 is 0. The number of hydrogen-bond donors (Lipinski definition) is 3. The van der Waals surface area contributed by atoms with Gasteiger partial charge in [0.1, 0.15) is 6.10 Å². The van der Waals surface area contributed by atoms with Gasteiger partial charge in [-0.15, -0.1) is 0 Å². The van der Waals surface area contributed by atoms with Crippen LogP contribution in [0.4, 0.5) is 0 Å². The monoisotopic (exact) mass is 220 g/mol. The second kappa shape index (κ2) is 5.77. The van der Waals surface area contributed by atoms with Crippen molar-refractivity contribution in [3.63, 3.8) is 0 Å². The highest BCUT2D eigenvalue weighted by Gasteiger charge is 2.43. The van der Waals surface area contributed by atoms with Crippen LogP contribution in [0.3, 0.4) is 0 Å². The Hall–Kier alpha value is -0.200. The first-order valence-corrected chi connectivity index (χ1v) is 5.39. The lowest BCUT2D eigenvalue weighted by molar-refractivity contribution is -0.289. The molecule has 0 saturated carbocycles. The van der Waals surface area contributed by atoms with Gasteiger partial charge in [0.15, 0.2) is 6.29 Å². The molecule has 5 atom stereocenters. The van der Waals surface area contributed by atoms with E-state index in [1.165, 1.54) is 0 Å². The van der Waals surface area contributed by atoms with E-state index in [-0.39, 0.29) is 12.5 Å². The maximum Gasteiger partial charge on any atom is 0.186 e. The molecule has 0 bridgehead atoms. The van der Waals surface area contributed by atoms with E-state index in [4.69, 9.17) is 14.6 Å². The van der Waals surface area contributed by atoms with Gasteiger partial charge >= 0.3 is 0 Å². The number of ether oxygens (including phenoxy) is 2. The van der Waals surface area contributed by atoms with Crippen LogP contribution in [0.1, 0.15) is 20.3 Å². The van der Waals surface area contributed by atoms with Crippen LogP contribution in [0.2, 0.25) is 0 Å². The second-order valence-electron chi connectivity index (χ2n) is 3.73. The molecule has 0 amide bonds. The molecule has 1 rings (SSSR count). The van der Waals surface area contributed by atoms with E-state index in [9.17, 15) is 10.2 Å². The molecule has 1 aliphatic rings. The summed E-state index contributed by atoms with van der Waals surface area (Å²) in [4.78, 5) is 0. The summed E-state index contributed by atoms with van der Waals surface area (Å²) in [7, 11) is 0. The van der Waals surface area contributed by atoms with Crippen LogP contribution < -0.4 is 0 Å². The zero-order valence-corrected chi connectivity index (χ0v) is 9.17. The normalized spacial score (nSPS) is 41.8. The van der Waals surface area contributed by atoms with Gasteiger partial charge in [-0.3, -0.25) is 0 Å². The summed E-state index contributed by atoms with van der Waals surface area (Å²) in [5.74, 6) is -0.248. The molecule has 0 radical (unpaired) electrons. The van der Waals surface area contributed by atoms with Gasteiger partial charge in [-0.05, 0) is 13.3 Å². The highest BCUT2D eigenvalue weighted by molar-refractivity contribution is 4.88. The molecule has 1 aliphatic heterocycles. The van der Waals surface area contributed by atoms with Crippen molar-refractivity contribution in [2.24, 2.45) is 5.92 Å². The Morgan fingerprint density at radius 1 is 1.20 bits per heavy atom. The first kappa shape index (κ1) is 12.9. The van der Waals surface area contributed by atoms with Crippen LogP contribution in [-0.4, -0.2) is 53.1 Å². The average molecular weight is 220 g/mol. The quantitative estimate of drug-likeness (QED) is 0.594. The van der Waals surface area contributed by atoms with E-state index < -0.39 is 24.6 Å². The third-order valence-corrected chi connectivity index (χ3v) is 2.84. The van der Waals surface area contributed by atoms with Crippen molar-refractivity contribution < 1.29 is 24.8 Å². The molecule has 0 aliphatic carbocycles. The molecule has 1 fully saturated rings. The van der Waals surface area contributed by atoms with Gasteiger partial charge in [-0.2, -0.15) is 0 Å². The lowest BCUT2D eigenvalue weighted by Crippen LogP contribution is -2.56. The van der Waals surface area contributed by atoms with Gasteiger partial charge in [0.2, 0.25) is 0 Å². The molecule has 15 heavy (non-hydrogen) atoms. The first-order chi connectivity index (χ1) is 7.15. The van der Waals surface area contributed by atoms with Gasteiger partial charge in [-0.1, -0.05) is 6.92 Å². The highest BCUT2D eigenvalue weighted by atomic mass is 16.7. The molecule has 0 aromatic heterocycles. The standard InChI is InChI=1S/C10H20O5/c1-3-6-7(5-11)15-10(14-4-2)9(13)8(6)12/h6-13H,3-5H2,1-2H3. The number of aliphatic hydroxyl groups excluding tert-OH is 3. The van der Waals surface area contributed by atoms with Crippen molar-refractivity contribution in [2.45, 2.75) is 44.9 Å². The van der Waals surface area contributed by atoms with E-state index in [2.05, 4.69) is 0 Å². The molecule has 1 saturated heterocycles. The largest absolute Gasteiger partial charge is 0.394 e. The van der Waals surface area contributed by atoms with Crippen LogP contribution >= 0.6 is 0 Å². The van der Waals surface area contributed by atoms with Gasteiger partial charge in [0.05, 0.1) is 18.8 Å². The van der Waals surface area contributed by atoms with Gasteiger partial charge in [0.25, 0.3) is 0 Å². The van der Waals surface area contributed by atoms with Crippen molar-refractivity contribution in [3.05, 3.63) is 0 Å². The third kappa shape index (κ3) is 2.68. The summed E-state index contributed by atoms with van der Waals surface area (Å²) in [6, 6.07) is 0. The number of aliphatic hydroxyl groups is 3. The first-order valence-electron chi connectivity index (χ1n) is 5.39. The molecule has 5 heteroatoms. The van der Waals surface area contributed by atoms with E-state index in [0.717, 1.165) is 0 Å². The van der Waals surface area contributed by atoms with Crippen molar-refractivity contribution in [1.29, 1.82) is 0 Å². The van der Waals surface area contributed by atoms with Gasteiger partial charge in [0, 0.05) is 12.5 Å². The zero-order valence-electron chi connectivity index (χ0n) is 9.17. The summed E-state index contributed by atoms with van der Waals surface area (Å²) < 4.78 is 10.5. The second-order valence-corrected chi connectivity index (χ2v) is 3.73. The van der Waals surface area contributed by atoms with Crippen molar-refractivity contribution >= 4 is 0 Å². The fraction of sp³-hybridized carbons (Fsp3) is 1.00. The molecular weight excluding hydrogens is 200 g/mol. The topological polar surface area (TPSA) is 79.2 Å². The molecule has 90 valence electrons. The zero-order chi connectivity index (χ0) is 11.4. The molecule has 1 heterocycles. The van der Waals surface area contributed by atoms with Crippen molar-refractivity contribution in [2.75, 3.05) is 13.2 Å². The molecule has 5 unspecified atom stereocenters. The van der Waals surface area contributed by atoms with Crippen molar-refractivity contribution in [3.8, 4) is 0 Å². The van der Waals surface area contributed by atoms with E-state index >= 15 is 0 Å². The summed E-state index contributed by atoms with van der Waals surface area (Å²) in [6.07, 6.45) is -2.62. The lowest BCUT2D eigenvalue weighted by atomic mass is 9.87. The molecule has 3 N–H and O–H groups in total. The van der Waals surface area contributed by atoms with Gasteiger partial charge < -0.3 is 24.8 Å². The number of rotatable bonds is 4. The fourth-order valence-corrected chi connectivity index (χ4v) is 1.97. The van der Waals surface area contributed by atoms with E-state index in [0.29, 0.717) is 13.0 Å². The van der Waals surface area contributed by atoms with Crippen LogP contribution in [-0.2, 0) is 9.47 Å². The van der Waals surface area contributed by atoms with E-state index in [1.54, 1.807) is 6.92 Å². The maximum absolute atomic E-state index is 9.81. The minimum atomic E-state index is -1.04. The Balaban J connectivity index is 2.68. The molecular formula is C10H20O5. The van der Waals surface area contributed by atoms with E-state index in [1.807, 2.05) is 6.92 Å². The van der Waals surface area contributed by atoms with Crippen LogP contribution in [0.15, 0.2) is 0 Å². The Morgan fingerprint density at radius 3 is 2.33 bits per heavy atom. The SMILES string of the molecule is CCOC1OC(CO)C(CC)C(O)C1O. The Morgan fingerprint density at radius 2 is 1.87 bits per heavy atom. The third-order valence-electron chi connectivity index (χ3n) is 2.84. The Kier molecular flexibility index (Phi) is 4.95. The smallest absolute Gasteiger partial charge is 0.186 e. The Labute approximate surface area is 89.6 Å². The van der Waals surface area contributed by atoms with Crippen LogP contribution in [0, 0.1) is 5.92 Å².